The molecule has 2 heterocycles. The first kappa shape index (κ1) is 28.1. The van der Waals surface area contributed by atoms with Crippen LogP contribution in [-0.4, -0.2) is 26.8 Å². The molecule has 0 atom stereocenters. The number of Topliss-reactive ketones (excluding diaryl/α,β-unsaturated/α-hetero) is 1. The lowest BCUT2D eigenvalue weighted by molar-refractivity contribution is 0.0697. The van der Waals surface area contributed by atoms with Crippen molar-refractivity contribution in [1.82, 2.24) is 9.97 Å². The van der Waals surface area contributed by atoms with E-state index in [2.05, 4.69) is 9.97 Å². The highest BCUT2D eigenvalue weighted by molar-refractivity contribution is 6.09. The predicted molar refractivity (Wildman–Crippen MR) is 165 cm³/mol. The molecule has 0 unspecified atom stereocenters. The summed E-state index contributed by atoms with van der Waals surface area (Å²) in [5.74, 6) is -0.578. The van der Waals surface area contributed by atoms with Crippen LogP contribution in [0, 0.1) is 5.41 Å². The first-order valence-corrected chi connectivity index (χ1v) is 13.8. The summed E-state index contributed by atoms with van der Waals surface area (Å²) in [6.07, 6.45) is 2.21. The lowest BCUT2D eigenvalue weighted by atomic mass is 9.89. The summed E-state index contributed by atoms with van der Waals surface area (Å²) in [6.45, 7) is 0.269. The van der Waals surface area contributed by atoms with E-state index in [4.69, 9.17) is 26.0 Å². The number of fused-ring (bicyclic) bond motifs is 2. The fraction of sp³-hybridized carbons (Fsp3) is 0.0882. The smallest absolute Gasteiger partial charge is 0.336 e. The molecule has 0 saturated heterocycles. The molecule has 1 aliphatic carbocycles. The van der Waals surface area contributed by atoms with E-state index >= 15 is 0 Å². The number of carboxylic acids is 1. The topological polar surface area (TPSA) is 178 Å². The van der Waals surface area contributed by atoms with E-state index in [1.165, 1.54) is 12.3 Å². The van der Waals surface area contributed by atoms with Crippen LogP contribution in [0.5, 0.6) is 6.01 Å². The first-order valence-electron chi connectivity index (χ1n) is 13.8. The van der Waals surface area contributed by atoms with Gasteiger partial charge in [-0.05, 0) is 59.5 Å². The van der Waals surface area contributed by atoms with Gasteiger partial charge in [0.05, 0.1) is 10.9 Å². The highest BCUT2D eigenvalue weighted by atomic mass is 16.5. The standard InChI is InChI=1S/C34H27N5O5/c35-22-7-10-25-29(16-22)44-30-17-23(36)8-11-26(30)32(25)24-9-6-21(15-27(24)33(41)42)28(40)12-5-19-1-3-20(4-2-19)18-43-34-38-14-13-31(37)39-34/h1-4,6-11,13-17,35H,5,12,18,36H2,(H,41,42)(H2,37,38,39). The van der Waals surface area contributed by atoms with E-state index in [0.717, 1.165) is 11.1 Å². The SMILES string of the molecule is N=c1ccc2c(-c3ccc(C(=O)CCc4ccc(COc5nccc(N)n5)cc4)cc3C(=O)O)c3ccc(N)cc3oc-2c1. The van der Waals surface area contributed by atoms with E-state index in [0.29, 0.717) is 56.9 Å². The van der Waals surface area contributed by atoms with Crippen molar-refractivity contribution >= 4 is 34.2 Å². The summed E-state index contributed by atoms with van der Waals surface area (Å²) in [6, 6.07) is 24.3. The lowest BCUT2D eigenvalue weighted by Crippen LogP contribution is -2.07. The van der Waals surface area contributed by atoms with Gasteiger partial charge in [-0.2, -0.15) is 4.98 Å². The molecular weight excluding hydrogens is 558 g/mol. The predicted octanol–water partition coefficient (Wildman–Crippen LogP) is 5.73. The lowest BCUT2D eigenvalue weighted by Gasteiger charge is -2.17. The quantitative estimate of drug-likeness (QED) is 0.0936. The Morgan fingerprint density at radius 1 is 0.886 bits per heavy atom. The summed E-state index contributed by atoms with van der Waals surface area (Å²) < 4.78 is 11.6. The second-order valence-electron chi connectivity index (χ2n) is 10.3. The number of hydrogen-bond donors (Lipinski definition) is 4. The summed E-state index contributed by atoms with van der Waals surface area (Å²) in [5, 5.41) is 19.2. The number of benzene rings is 4. The van der Waals surface area contributed by atoms with Crippen LogP contribution in [-0.2, 0) is 13.0 Å². The maximum atomic E-state index is 13.2. The normalized spacial score (nSPS) is 11.1. The molecule has 218 valence electrons. The average molecular weight is 586 g/mol. The average Bonchev–Trinajstić information content (AvgIpc) is 3.01. The molecule has 0 bridgehead atoms. The van der Waals surface area contributed by atoms with Crippen LogP contribution in [0.3, 0.4) is 0 Å². The number of aromatic nitrogens is 2. The maximum absolute atomic E-state index is 13.2. The Balaban J connectivity index is 1.23. The van der Waals surface area contributed by atoms with Gasteiger partial charge in [0.2, 0.25) is 0 Å². The Bertz CT molecular complexity index is 2070. The Morgan fingerprint density at radius 3 is 2.43 bits per heavy atom. The Hall–Kier alpha value is -6.03. The number of carboxylic acid groups (broad SMARTS) is 1. The molecule has 0 spiro atoms. The number of rotatable bonds is 9. The van der Waals surface area contributed by atoms with Crippen LogP contribution in [0.4, 0.5) is 11.5 Å². The minimum Gasteiger partial charge on any atom is -0.478 e. The number of hydrogen-bond acceptors (Lipinski definition) is 9. The van der Waals surface area contributed by atoms with Crippen molar-refractivity contribution in [3.05, 3.63) is 119 Å². The molecule has 10 nitrogen and oxygen atoms in total. The van der Waals surface area contributed by atoms with Crippen molar-refractivity contribution < 1.29 is 23.8 Å². The molecule has 4 aromatic rings. The van der Waals surface area contributed by atoms with E-state index in [1.807, 2.05) is 24.3 Å². The molecule has 0 amide bonds. The number of nitrogens with zero attached hydrogens (tertiary/aromatic N) is 2. The third kappa shape index (κ3) is 5.82. The molecule has 10 heteroatoms. The summed E-state index contributed by atoms with van der Waals surface area (Å²) in [5.41, 5.74) is 16.5. The van der Waals surface area contributed by atoms with Gasteiger partial charge in [0, 0.05) is 52.5 Å². The number of carbonyl (C=O) groups excluding carboxylic acids is 1. The van der Waals surface area contributed by atoms with Crippen molar-refractivity contribution in [2.75, 3.05) is 11.5 Å². The van der Waals surface area contributed by atoms with Crippen LogP contribution in [0.25, 0.3) is 33.4 Å². The zero-order chi connectivity index (χ0) is 30.8. The maximum Gasteiger partial charge on any atom is 0.336 e. The first-order chi connectivity index (χ1) is 21.2. The zero-order valence-electron chi connectivity index (χ0n) is 23.4. The second kappa shape index (κ2) is 11.7. The van der Waals surface area contributed by atoms with Crippen molar-refractivity contribution in [2.24, 2.45) is 0 Å². The van der Waals surface area contributed by atoms with Gasteiger partial charge < -0.3 is 31.1 Å². The molecule has 1 aromatic heterocycles. The molecule has 44 heavy (non-hydrogen) atoms. The Labute approximate surface area is 251 Å². The van der Waals surface area contributed by atoms with Crippen molar-refractivity contribution in [2.45, 2.75) is 19.4 Å². The highest BCUT2D eigenvalue weighted by Crippen LogP contribution is 2.41. The van der Waals surface area contributed by atoms with Gasteiger partial charge >= 0.3 is 12.0 Å². The number of nitrogens with one attached hydrogen (secondary N) is 1. The molecule has 0 radical (unpaired) electrons. The fourth-order valence-corrected chi connectivity index (χ4v) is 5.09. The Morgan fingerprint density at radius 2 is 1.66 bits per heavy atom. The van der Waals surface area contributed by atoms with Gasteiger partial charge in [-0.25, -0.2) is 9.78 Å². The summed E-state index contributed by atoms with van der Waals surface area (Å²) >= 11 is 0. The molecule has 6 N–H and O–H groups in total. The molecule has 6 rings (SSSR count). The largest absolute Gasteiger partial charge is 0.478 e. The van der Waals surface area contributed by atoms with E-state index in [-0.39, 0.29) is 35.7 Å². The minimum atomic E-state index is -1.16. The number of aromatic carboxylic acids is 1. The van der Waals surface area contributed by atoms with Crippen LogP contribution in [0.15, 0.2) is 95.5 Å². The molecule has 1 aliphatic heterocycles. The number of anilines is 2. The van der Waals surface area contributed by atoms with Gasteiger partial charge in [0.1, 0.15) is 23.8 Å². The number of ether oxygens (including phenoxy) is 1. The third-order valence-corrected chi connectivity index (χ3v) is 7.27. The van der Waals surface area contributed by atoms with Crippen LogP contribution in [0.2, 0.25) is 0 Å². The Kier molecular flexibility index (Phi) is 7.47. The number of aryl methyl sites for hydroxylation is 1. The van der Waals surface area contributed by atoms with Crippen LogP contribution < -0.4 is 21.6 Å². The van der Waals surface area contributed by atoms with E-state index < -0.39 is 5.97 Å². The number of carbonyl (C=O) groups is 2. The van der Waals surface area contributed by atoms with Crippen molar-refractivity contribution in [3.8, 4) is 28.5 Å². The monoisotopic (exact) mass is 585 g/mol. The number of ketones is 1. The van der Waals surface area contributed by atoms with E-state index in [9.17, 15) is 14.7 Å². The summed E-state index contributed by atoms with van der Waals surface area (Å²) in [7, 11) is 0. The molecule has 0 fully saturated rings. The van der Waals surface area contributed by atoms with Crippen molar-refractivity contribution in [3.63, 3.8) is 0 Å². The van der Waals surface area contributed by atoms with Gasteiger partial charge in [-0.3, -0.25) is 4.79 Å². The molecule has 3 aromatic carbocycles. The number of nitrogens with two attached hydrogens (primary N) is 2. The van der Waals surface area contributed by atoms with Gasteiger partial charge in [0.25, 0.3) is 0 Å². The third-order valence-electron chi connectivity index (χ3n) is 7.27. The van der Waals surface area contributed by atoms with Crippen LogP contribution >= 0.6 is 0 Å². The second-order valence-corrected chi connectivity index (χ2v) is 10.3. The minimum absolute atomic E-state index is 0.00932. The van der Waals surface area contributed by atoms with Gasteiger partial charge in [-0.15, -0.1) is 0 Å². The van der Waals surface area contributed by atoms with Crippen molar-refractivity contribution in [1.29, 1.82) is 5.41 Å². The van der Waals surface area contributed by atoms with E-state index in [1.54, 1.807) is 54.6 Å². The van der Waals surface area contributed by atoms with Gasteiger partial charge in [-0.1, -0.05) is 36.4 Å². The van der Waals surface area contributed by atoms with Gasteiger partial charge in [0.15, 0.2) is 5.78 Å². The number of nitrogen functional groups attached to an aromatic ring is 2. The summed E-state index contributed by atoms with van der Waals surface area (Å²) in [4.78, 5) is 33.8. The molecular formula is C34H27N5O5. The fourth-order valence-electron chi connectivity index (χ4n) is 5.09. The van der Waals surface area contributed by atoms with Crippen LogP contribution in [0.1, 0.15) is 38.3 Å². The molecule has 2 aliphatic rings. The highest BCUT2D eigenvalue weighted by Gasteiger charge is 2.23. The molecule has 0 saturated carbocycles. The zero-order valence-corrected chi connectivity index (χ0v) is 23.4.